The van der Waals surface area contributed by atoms with Gasteiger partial charge in [-0.05, 0) is 148 Å². The minimum atomic E-state index is 0.512. The van der Waals surface area contributed by atoms with Crippen molar-refractivity contribution in [2.24, 2.45) is 0 Å². The van der Waals surface area contributed by atoms with Crippen molar-refractivity contribution in [2.45, 2.75) is 27.7 Å². The van der Waals surface area contributed by atoms with E-state index in [0.717, 1.165) is 117 Å². The van der Waals surface area contributed by atoms with Gasteiger partial charge in [-0.3, -0.25) is 9.97 Å². The number of pyridine rings is 2. The molecular weight excluding hydrogens is 1120 g/mol. The number of nitrogens with zero attached hydrogens (tertiary/aromatic N) is 9. The molecule has 434 valence electrons. The van der Waals surface area contributed by atoms with Crippen molar-refractivity contribution in [2.75, 3.05) is 0 Å². The first-order chi connectivity index (χ1) is 45.3. The third-order valence-electron chi connectivity index (χ3n) is 18.6. The summed E-state index contributed by atoms with van der Waals surface area (Å²) in [4.78, 5) is 27.0. The topological polar surface area (TPSA) is 84.2 Å². The number of benzene rings is 11. The summed E-state index contributed by atoms with van der Waals surface area (Å²) in [7, 11) is 0. The van der Waals surface area contributed by atoms with E-state index >= 15 is 0 Å². The largest absolute Gasteiger partial charge is 0.309 e. The summed E-state index contributed by atoms with van der Waals surface area (Å²) < 4.78 is 9.55. The number of rotatable bonds is 9. The van der Waals surface area contributed by atoms with E-state index < -0.39 is 0 Å². The van der Waals surface area contributed by atoms with Crippen molar-refractivity contribution in [3.05, 3.63) is 296 Å². The smallest absolute Gasteiger partial charge is 0.166 e. The van der Waals surface area contributed by atoms with Gasteiger partial charge >= 0.3 is 0 Å². The standard InChI is InChI=1S/C83H57N9/c1-50-26-32-73-61(42-50)57-18-8-12-22-69(57)89(73)77-36-30-55(67-48-84-40-38-79(67)91-71-24-14-10-20-59(71)63-44-52(3)28-34-75(63)91)46-65(77)82-86-81(54-16-6-5-7-17-54)87-83(88-82)66-47-56(31-37-78(66)90-70-23-13-9-19-58(70)62-43-51(2)27-33-74(62)90)68-49-85-41-39-80(68)92-72-25-15-11-21-60(72)64-45-53(4)29-35-76(64)92/h5-49H,1-4H3. The van der Waals surface area contributed by atoms with Crippen LogP contribution >= 0.6 is 0 Å². The first kappa shape index (κ1) is 53.0. The summed E-state index contributed by atoms with van der Waals surface area (Å²) in [5.74, 6) is 1.57. The Morgan fingerprint density at radius 2 is 0.533 bits per heavy atom. The van der Waals surface area contributed by atoms with Gasteiger partial charge in [-0.2, -0.15) is 0 Å². The molecule has 0 atom stereocenters. The van der Waals surface area contributed by atoms with Crippen molar-refractivity contribution >= 4 is 87.2 Å². The maximum Gasteiger partial charge on any atom is 0.166 e. The quantitative estimate of drug-likeness (QED) is 0.144. The molecular formula is C83H57N9. The zero-order valence-corrected chi connectivity index (χ0v) is 51.0. The van der Waals surface area contributed by atoms with Crippen LogP contribution in [0.15, 0.2) is 274 Å². The summed E-state index contributed by atoms with van der Waals surface area (Å²) in [5, 5.41) is 9.45. The van der Waals surface area contributed by atoms with Crippen LogP contribution in [-0.2, 0) is 0 Å². The first-order valence-electron chi connectivity index (χ1n) is 31.3. The molecule has 0 amide bonds. The Hall–Kier alpha value is -12.1. The summed E-state index contributed by atoms with van der Waals surface area (Å²) in [5.41, 5.74) is 23.8. The predicted molar refractivity (Wildman–Crippen MR) is 379 cm³/mol. The highest BCUT2D eigenvalue weighted by molar-refractivity contribution is 6.14. The second kappa shape index (κ2) is 20.8. The average Bonchev–Trinajstić information content (AvgIpc) is 1.55. The van der Waals surface area contributed by atoms with Gasteiger partial charge in [0.1, 0.15) is 0 Å². The van der Waals surface area contributed by atoms with E-state index in [1.54, 1.807) is 0 Å². The number of aryl methyl sites for hydroxylation is 4. The molecule has 18 aromatic rings. The van der Waals surface area contributed by atoms with Crippen molar-refractivity contribution in [3.63, 3.8) is 0 Å². The third-order valence-corrected chi connectivity index (χ3v) is 18.6. The minimum absolute atomic E-state index is 0.512. The van der Waals surface area contributed by atoms with Gasteiger partial charge in [0.25, 0.3) is 0 Å². The number of para-hydroxylation sites is 4. The fourth-order valence-corrected chi connectivity index (χ4v) is 14.5. The molecule has 11 aromatic carbocycles. The van der Waals surface area contributed by atoms with Gasteiger partial charge in [0, 0.05) is 95.7 Å². The second-order valence-corrected chi connectivity index (χ2v) is 24.4. The van der Waals surface area contributed by atoms with Crippen LogP contribution < -0.4 is 0 Å². The molecule has 0 radical (unpaired) electrons. The van der Waals surface area contributed by atoms with Crippen LogP contribution in [0.5, 0.6) is 0 Å². The number of hydrogen-bond donors (Lipinski definition) is 0. The molecule has 0 saturated heterocycles. The Labute approximate surface area is 530 Å². The molecule has 9 nitrogen and oxygen atoms in total. The Bertz CT molecular complexity index is 5730. The van der Waals surface area contributed by atoms with Gasteiger partial charge in [0.2, 0.25) is 0 Å². The highest BCUT2D eigenvalue weighted by atomic mass is 15.1. The Morgan fingerprint density at radius 1 is 0.228 bits per heavy atom. The molecule has 7 heterocycles. The van der Waals surface area contributed by atoms with E-state index in [4.69, 9.17) is 24.9 Å². The van der Waals surface area contributed by atoms with Crippen molar-refractivity contribution in [3.8, 4) is 79.2 Å². The molecule has 0 spiro atoms. The molecule has 0 fully saturated rings. The Balaban J connectivity index is 0.939. The van der Waals surface area contributed by atoms with Crippen LogP contribution in [0, 0.1) is 27.7 Å². The molecule has 0 aliphatic rings. The van der Waals surface area contributed by atoms with Gasteiger partial charge in [0.05, 0.1) is 66.9 Å². The molecule has 0 bridgehead atoms. The molecule has 0 N–H and O–H groups in total. The van der Waals surface area contributed by atoms with Crippen LogP contribution in [-0.4, -0.2) is 43.2 Å². The zero-order valence-electron chi connectivity index (χ0n) is 51.0. The summed E-state index contributed by atoms with van der Waals surface area (Å²) >= 11 is 0. The van der Waals surface area contributed by atoms with E-state index in [0.29, 0.717) is 17.5 Å². The third kappa shape index (κ3) is 8.29. The van der Waals surface area contributed by atoms with E-state index in [9.17, 15) is 0 Å². The van der Waals surface area contributed by atoms with Crippen LogP contribution in [0.4, 0.5) is 0 Å². The molecule has 18 rings (SSSR count). The lowest BCUT2D eigenvalue weighted by atomic mass is 9.99. The molecule has 9 heteroatoms. The molecule has 0 aliphatic carbocycles. The Morgan fingerprint density at radius 3 is 0.891 bits per heavy atom. The van der Waals surface area contributed by atoms with Gasteiger partial charge in [0.15, 0.2) is 17.5 Å². The molecule has 0 aliphatic heterocycles. The second-order valence-electron chi connectivity index (χ2n) is 24.4. The number of hydrogen-bond acceptors (Lipinski definition) is 5. The highest BCUT2D eigenvalue weighted by Gasteiger charge is 2.26. The highest BCUT2D eigenvalue weighted by Crippen LogP contribution is 2.45. The lowest BCUT2D eigenvalue weighted by molar-refractivity contribution is 1.06. The van der Waals surface area contributed by atoms with Gasteiger partial charge in [-0.25, -0.2) is 15.0 Å². The van der Waals surface area contributed by atoms with E-state index in [2.05, 4.69) is 289 Å². The van der Waals surface area contributed by atoms with Crippen LogP contribution in [0.2, 0.25) is 0 Å². The fraction of sp³-hybridized carbons (Fsp3) is 0.0482. The van der Waals surface area contributed by atoms with Gasteiger partial charge < -0.3 is 18.3 Å². The summed E-state index contributed by atoms with van der Waals surface area (Å²) in [6, 6.07) is 89.9. The zero-order chi connectivity index (χ0) is 61.3. The Kier molecular flexibility index (Phi) is 12.0. The predicted octanol–water partition coefficient (Wildman–Crippen LogP) is 20.6. The van der Waals surface area contributed by atoms with Crippen LogP contribution in [0.25, 0.3) is 166 Å². The van der Waals surface area contributed by atoms with E-state index in [1.165, 1.54) is 54.6 Å². The maximum absolute atomic E-state index is 5.89. The van der Waals surface area contributed by atoms with Crippen molar-refractivity contribution in [1.29, 1.82) is 0 Å². The number of aromatic nitrogens is 9. The van der Waals surface area contributed by atoms with Crippen molar-refractivity contribution < 1.29 is 0 Å². The average molecular weight is 1180 g/mol. The van der Waals surface area contributed by atoms with Gasteiger partial charge in [-0.1, -0.05) is 162 Å². The lowest BCUT2D eigenvalue weighted by Gasteiger charge is -2.19. The monoisotopic (exact) mass is 1180 g/mol. The van der Waals surface area contributed by atoms with Crippen LogP contribution in [0.1, 0.15) is 22.3 Å². The molecule has 92 heavy (non-hydrogen) atoms. The molecule has 0 saturated carbocycles. The SMILES string of the molecule is Cc1ccc2c(c1)c1ccccc1n2-c1ccncc1-c1ccc(-n2c3ccccc3c3cc(C)ccc32)c(-c2nc(-c3ccccc3)nc(-c3cc(-c4cnccc4-n4c5ccccc5c5cc(C)ccc54)ccc3-n3c4ccccc4c4cc(C)ccc43)n2)c1. The van der Waals surface area contributed by atoms with E-state index in [1.807, 2.05) is 30.9 Å². The normalized spacial score (nSPS) is 11.9. The van der Waals surface area contributed by atoms with Crippen LogP contribution in [0.3, 0.4) is 0 Å². The molecule has 0 unspecified atom stereocenters. The summed E-state index contributed by atoms with van der Waals surface area (Å²) in [6.07, 6.45) is 7.79. The fourth-order valence-electron chi connectivity index (χ4n) is 14.5. The first-order valence-corrected chi connectivity index (χ1v) is 31.3. The minimum Gasteiger partial charge on any atom is -0.309 e. The maximum atomic E-state index is 5.89. The lowest BCUT2D eigenvalue weighted by Crippen LogP contribution is -2.06. The van der Waals surface area contributed by atoms with Crippen molar-refractivity contribution in [1.82, 2.24) is 43.2 Å². The van der Waals surface area contributed by atoms with Gasteiger partial charge in [-0.15, -0.1) is 0 Å². The van der Waals surface area contributed by atoms with E-state index in [-0.39, 0.29) is 0 Å². The molecule has 7 aromatic heterocycles. The summed E-state index contributed by atoms with van der Waals surface area (Å²) in [6.45, 7) is 8.65. The number of fused-ring (bicyclic) bond motifs is 12.